The Morgan fingerprint density at radius 1 is 0.919 bits per heavy atom. The van der Waals surface area contributed by atoms with Gasteiger partial charge >= 0.3 is 5.97 Å². The number of nitrogens with zero attached hydrogens (tertiary/aromatic N) is 2. The lowest BCUT2D eigenvalue weighted by Gasteiger charge is -2.40. The van der Waals surface area contributed by atoms with Gasteiger partial charge in [-0.2, -0.15) is 0 Å². The fourth-order valence-electron chi connectivity index (χ4n) is 4.53. The van der Waals surface area contributed by atoms with E-state index in [4.69, 9.17) is 0 Å². The molecule has 0 aliphatic carbocycles. The molecular formula is C28H46N4O5. The topological polar surface area (TPSA) is 108 Å². The largest absolute Gasteiger partial charge is 0.468 e. The molecule has 9 heteroatoms. The normalized spacial score (nSPS) is 14.4. The molecule has 0 aliphatic heterocycles. The second-order valence-electron chi connectivity index (χ2n) is 11.5. The van der Waals surface area contributed by atoms with Gasteiger partial charge in [0.15, 0.2) is 0 Å². The molecule has 3 atom stereocenters. The number of rotatable bonds is 11. The van der Waals surface area contributed by atoms with Gasteiger partial charge in [0.1, 0.15) is 18.6 Å². The first-order valence-electron chi connectivity index (χ1n) is 12.6. The highest BCUT2D eigenvalue weighted by Crippen LogP contribution is 2.29. The highest BCUT2D eigenvalue weighted by molar-refractivity contribution is 5.94. The average Bonchev–Trinajstić information content (AvgIpc) is 2.81. The Bertz CT molecular complexity index is 940. The Kier molecular flexibility index (Phi) is 11.3. The highest BCUT2D eigenvalue weighted by atomic mass is 16.5. The molecule has 208 valence electrons. The average molecular weight is 519 g/mol. The van der Waals surface area contributed by atoms with E-state index in [0.717, 1.165) is 5.56 Å². The van der Waals surface area contributed by atoms with Crippen molar-refractivity contribution in [2.24, 2.45) is 11.3 Å². The van der Waals surface area contributed by atoms with E-state index in [0.29, 0.717) is 0 Å². The fraction of sp³-hybridized carbons (Fsp3) is 0.643. The van der Waals surface area contributed by atoms with E-state index in [1.165, 1.54) is 24.0 Å². The Labute approximate surface area is 222 Å². The van der Waals surface area contributed by atoms with E-state index in [1.807, 2.05) is 78.8 Å². The number of carbonyl (C=O) groups excluding carboxylic acids is 4. The predicted octanol–water partition coefficient (Wildman–Crippen LogP) is 2.20. The van der Waals surface area contributed by atoms with Crippen molar-refractivity contribution < 1.29 is 23.9 Å². The molecule has 0 spiro atoms. The summed E-state index contributed by atoms with van der Waals surface area (Å²) >= 11 is 0. The van der Waals surface area contributed by atoms with Crippen LogP contribution >= 0.6 is 0 Å². The standard InChI is InChI=1S/C28H46N4O5/c1-18(2)21(25(35)31(9)17-20(33)37-11)32(10)26(36)23(27(3,4)5)30-24(34)22(29-8)28(6,7)19-15-13-12-14-16-19/h12-16,18,21-23,29H,17H2,1-11H3,(H,30,34)/t21-,22?,23+/m0/s1. The molecule has 9 nitrogen and oxygen atoms in total. The van der Waals surface area contributed by atoms with Crippen LogP contribution in [0.2, 0.25) is 0 Å². The summed E-state index contributed by atoms with van der Waals surface area (Å²) in [5.74, 6) is -1.86. The van der Waals surface area contributed by atoms with E-state index in [9.17, 15) is 19.2 Å². The zero-order valence-corrected chi connectivity index (χ0v) is 24.3. The minimum absolute atomic E-state index is 0.224. The number of hydrogen-bond donors (Lipinski definition) is 2. The van der Waals surface area contributed by atoms with Gasteiger partial charge < -0.3 is 25.2 Å². The van der Waals surface area contributed by atoms with Crippen molar-refractivity contribution in [3.05, 3.63) is 35.9 Å². The van der Waals surface area contributed by atoms with Crippen LogP contribution in [0, 0.1) is 11.3 Å². The van der Waals surface area contributed by atoms with Gasteiger partial charge in [-0.3, -0.25) is 19.2 Å². The minimum atomic E-state index is -0.896. The number of esters is 1. The minimum Gasteiger partial charge on any atom is -0.468 e. The number of likely N-dealkylation sites (N-methyl/N-ethyl adjacent to an activating group) is 3. The third-order valence-corrected chi connectivity index (χ3v) is 6.81. The van der Waals surface area contributed by atoms with Crippen molar-refractivity contribution in [1.29, 1.82) is 0 Å². The van der Waals surface area contributed by atoms with Crippen molar-refractivity contribution in [3.63, 3.8) is 0 Å². The number of hydrogen-bond acceptors (Lipinski definition) is 6. The molecule has 0 saturated carbocycles. The molecule has 37 heavy (non-hydrogen) atoms. The van der Waals surface area contributed by atoms with Gasteiger partial charge in [-0.05, 0) is 23.9 Å². The molecule has 0 bridgehead atoms. The molecule has 0 saturated heterocycles. The zero-order valence-electron chi connectivity index (χ0n) is 24.3. The maximum absolute atomic E-state index is 13.8. The van der Waals surface area contributed by atoms with E-state index < -0.39 is 34.9 Å². The van der Waals surface area contributed by atoms with Crippen molar-refractivity contribution >= 4 is 23.7 Å². The summed E-state index contributed by atoms with van der Waals surface area (Å²) in [5, 5.41) is 6.10. The van der Waals surface area contributed by atoms with E-state index >= 15 is 0 Å². The summed E-state index contributed by atoms with van der Waals surface area (Å²) < 4.78 is 4.67. The molecule has 0 aromatic heterocycles. The zero-order chi connectivity index (χ0) is 28.7. The summed E-state index contributed by atoms with van der Waals surface area (Å²) in [6.45, 7) is 13.0. The van der Waals surface area contributed by atoms with E-state index in [-0.39, 0.29) is 30.2 Å². The number of benzene rings is 1. The van der Waals surface area contributed by atoms with Crippen LogP contribution in [0.1, 0.15) is 54.0 Å². The monoisotopic (exact) mass is 518 g/mol. The molecule has 1 aromatic rings. The molecule has 0 radical (unpaired) electrons. The van der Waals surface area contributed by atoms with E-state index in [1.54, 1.807) is 14.1 Å². The number of carbonyl (C=O) groups is 4. The smallest absolute Gasteiger partial charge is 0.325 e. The number of amides is 3. The third kappa shape index (κ3) is 8.02. The molecule has 2 N–H and O–H groups in total. The van der Waals surface area contributed by atoms with Crippen LogP contribution in [0.25, 0.3) is 0 Å². The summed E-state index contributed by atoms with van der Waals surface area (Å²) in [6, 6.07) is 7.39. The molecule has 0 aliphatic rings. The lowest BCUT2D eigenvalue weighted by atomic mass is 9.76. The summed E-state index contributed by atoms with van der Waals surface area (Å²) in [6.07, 6.45) is 0. The number of nitrogens with one attached hydrogen (secondary N) is 2. The lowest BCUT2D eigenvalue weighted by molar-refractivity contribution is -0.152. The predicted molar refractivity (Wildman–Crippen MR) is 145 cm³/mol. The summed E-state index contributed by atoms with van der Waals surface area (Å²) in [4.78, 5) is 55.0. The molecule has 1 aromatic carbocycles. The van der Waals surface area contributed by atoms with Gasteiger partial charge in [0.2, 0.25) is 17.7 Å². The molecular weight excluding hydrogens is 472 g/mol. The van der Waals surface area contributed by atoms with Crippen LogP contribution in [0.3, 0.4) is 0 Å². The molecule has 0 fully saturated rings. The Morgan fingerprint density at radius 2 is 1.46 bits per heavy atom. The van der Waals surface area contributed by atoms with Gasteiger partial charge in [-0.1, -0.05) is 78.8 Å². The molecule has 1 rings (SSSR count). The van der Waals surface area contributed by atoms with Crippen LogP contribution in [0.5, 0.6) is 0 Å². The molecule has 1 unspecified atom stereocenters. The number of methoxy groups -OCH3 is 1. The maximum Gasteiger partial charge on any atom is 0.325 e. The first-order chi connectivity index (χ1) is 17.0. The van der Waals surface area contributed by atoms with Crippen LogP contribution in [-0.2, 0) is 29.3 Å². The van der Waals surface area contributed by atoms with Crippen molar-refractivity contribution in [3.8, 4) is 0 Å². The third-order valence-electron chi connectivity index (χ3n) is 6.81. The van der Waals surface area contributed by atoms with Gasteiger partial charge in [0.05, 0.1) is 13.2 Å². The second-order valence-corrected chi connectivity index (χ2v) is 11.5. The van der Waals surface area contributed by atoms with Crippen molar-refractivity contribution in [2.45, 2.75) is 72.0 Å². The Balaban J connectivity index is 3.27. The fourth-order valence-corrected chi connectivity index (χ4v) is 4.53. The van der Waals surface area contributed by atoms with Crippen molar-refractivity contribution in [2.75, 3.05) is 34.8 Å². The first kappa shape index (κ1) is 32.1. The van der Waals surface area contributed by atoms with Crippen molar-refractivity contribution in [1.82, 2.24) is 20.4 Å². The SMILES string of the molecule is CNC(C(=O)N[C@H](C(=O)N(C)[C@H](C(=O)N(C)CC(=O)OC)C(C)C)C(C)(C)C)C(C)(C)c1ccccc1. The Morgan fingerprint density at radius 3 is 1.89 bits per heavy atom. The second kappa shape index (κ2) is 13.0. The number of ether oxygens (including phenoxy) is 1. The van der Waals surface area contributed by atoms with Crippen LogP contribution < -0.4 is 10.6 Å². The Hall–Kier alpha value is -2.94. The lowest BCUT2D eigenvalue weighted by Crippen LogP contribution is -2.63. The van der Waals surface area contributed by atoms with Gasteiger partial charge in [-0.25, -0.2) is 0 Å². The van der Waals surface area contributed by atoms with Crippen LogP contribution in [-0.4, -0.2) is 86.4 Å². The highest BCUT2D eigenvalue weighted by Gasteiger charge is 2.43. The van der Waals surface area contributed by atoms with Crippen LogP contribution in [0.15, 0.2) is 30.3 Å². The van der Waals surface area contributed by atoms with Gasteiger partial charge in [0.25, 0.3) is 0 Å². The van der Waals surface area contributed by atoms with E-state index in [2.05, 4.69) is 15.4 Å². The quantitative estimate of drug-likeness (QED) is 0.435. The summed E-state index contributed by atoms with van der Waals surface area (Å²) in [5.41, 5.74) is -0.220. The molecule has 3 amide bonds. The summed E-state index contributed by atoms with van der Waals surface area (Å²) in [7, 11) is 6.04. The molecule has 0 heterocycles. The van der Waals surface area contributed by atoms with Gasteiger partial charge in [0, 0.05) is 19.5 Å². The maximum atomic E-state index is 13.8. The van der Waals surface area contributed by atoms with Crippen LogP contribution in [0.4, 0.5) is 0 Å². The first-order valence-corrected chi connectivity index (χ1v) is 12.6. The van der Waals surface area contributed by atoms with Gasteiger partial charge in [-0.15, -0.1) is 0 Å².